The van der Waals surface area contributed by atoms with Crippen LogP contribution in [0.2, 0.25) is 10.0 Å². The van der Waals surface area contributed by atoms with Gasteiger partial charge in [-0.3, -0.25) is 14.5 Å². The maximum absolute atomic E-state index is 12.8. The number of esters is 1. The predicted octanol–water partition coefficient (Wildman–Crippen LogP) is 3.61. The van der Waals surface area contributed by atoms with Crippen molar-refractivity contribution in [3.63, 3.8) is 0 Å². The molecule has 2 amide bonds. The number of nitrogens with one attached hydrogen (secondary N) is 1. The second kappa shape index (κ2) is 10.7. The fraction of sp³-hybridized carbons (Fsp3) is 0.409. The number of amides is 2. The molecule has 1 N–H and O–H groups in total. The van der Waals surface area contributed by atoms with Crippen LogP contribution < -0.4 is 10.2 Å². The molecule has 2 heterocycles. The summed E-state index contributed by atoms with van der Waals surface area (Å²) in [5, 5.41) is 4.15. The summed E-state index contributed by atoms with van der Waals surface area (Å²) in [5.41, 5.74) is 1.70. The molecule has 8 nitrogen and oxygen atoms in total. The number of nitrogens with zero attached hydrogens (tertiary/aromatic N) is 3. The van der Waals surface area contributed by atoms with Crippen molar-refractivity contribution in [3.05, 3.63) is 44.2 Å². The van der Waals surface area contributed by atoms with Crippen LogP contribution in [-0.4, -0.2) is 81.5 Å². The first-order valence-electron chi connectivity index (χ1n) is 10.3. The molecule has 0 spiro atoms. The van der Waals surface area contributed by atoms with Gasteiger partial charge >= 0.3 is 5.97 Å². The monoisotopic (exact) mass is 512 g/mol. The van der Waals surface area contributed by atoms with E-state index < -0.39 is 5.97 Å². The number of anilines is 2. The molecule has 178 valence electrons. The number of rotatable bonds is 6. The van der Waals surface area contributed by atoms with Gasteiger partial charge in [0.1, 0.15) is 5.00 Å². The molecule has 1 saturated heterocycles. The Morgan fingerprint density at radius 2 is 1.79 bits per heavy atom. The molecule has 1 aliphatic rings. The molecule has 1 aliphatic heterocycles. The minimum absolute atomic E-state index is 0.170. The average molecular weight is 513 g/mol. The second-order valence-electron chi connectivity index (χ2n) is 7.86. The third-order valence-electron chi connectivity index (χ3n) is 5.40. The molecule has 0 bridgehead atoms. The van der Waals surface area contributed by atoms with Gasteiger partial charge in [-0.1, -0.05) is 23.2 Å². The molecule has 11 heteroatoms. The van der Waals surface area contributed by atoms with Gasteiger partial charge in [0.05, 0.1) is 34.1 Å². The van der Waals surface area contributed by atoms with Crippen LogP contribution in [-0.2, 0) is 9.53 Å². The number of hydrogen-bond acceptors (Lipinski definition) is 7. The van der Waals surface area contributed by atoms with Gasteiger partial charge in [0, 0.05) is 46.0 Å². The van der Waals surface area contributed by atoms with Crippen LogP contribution in [0.5, 0.6) is 0 Å². The van der Waals surface area contributed by atoms with E-state index in [2.05, 4.69) is 10.2 Å². The summed E-state index contributed by atoms with van der Waals surface area (Å²) in [6, 6.07) is 5.54. The highest BCUT2D eigenvalue weighted by atomic mass is 35.5. The largest absolute Gasteiger partial charge is 0.465 e. The van der Waals surface area contributed by atoms with Crippen LogP contribution in [0, 0.1) is 6.92 Å². The number of carbonyl (C=O) groups is 3. The standard InChI is InChI=1S/C22H26Cl2N4O4S/c1-13-18(22(31)32-4)20(33-19(13)21(30)26(2)3)25-17(29)12-27-7-9-28(10-8-27)14-5-6-15(23)16(24)11-14/h5-6,11H,7-10,12H2,1-4H3,(H,25,29). The molecule has 0 saturated carbocycles. The lowest BCUT2D eigenvalue weighted by molar-refractivity contribution is -0.117. The van der Waals surface area contributed by atoms with Gasteiger partial charge in [0.15, 0.2) is 0 Å². The Morgan fingerprint density at radius 1 is 1.12 bits per heavy atom. The van der Waals surface area contributed by atoms with Gasteiger partial charge in [-0.25, -0.2) is 4.79 Å². The van der Waals surface area contributed by atoms with Crippen LogP contribution >= 0.6 is 34.5 Å². The van der Waals surface area contributed by atoms with Crippen molar-refractivity contribution in [1.82, 2.24) is 9.80 Å². The van der Waals surface area contributed by atoms with Crippen molar-refractivity contribution in [2.45, 2.75) is 6.92 Å². The van der Waals surface area contributed by atoms with Gasteiger partial charge in [-0.05, 0) is 30.7 Å². The van der Waals surface area contributed by atoms with Crippen LogP contribution in [0.3, 0.4) is 0 Å². The molecule has 33 heavy (non-hydrogen) atoms. The number of halogens is 2. The third-order valence-corrected chi connectivity index (χ3v) is 7.33. The van der Waals surface area contributed by atoms with E-state index >= 15 is 0 Å². The summed E-state index contributed by atoms with van der Waals surface area (Å²) in [5.74, 6) is -1.08. The fourth-order valence-corrected chi connectivity index (χ4v) is 5.10. The fourth-order valence-electron chi connectivity index (χ4n) is 3.57. The van der Waals surface area contributed by atoms with E-state index in [1.54, 1.807) is 27.1 Å². The van der Waals surface area contributed by atoms with Crippen molar-refractivity contribution in [2.75, 3.05) is 64.1 Å². The topological polar surface area (TPSA) is 82.2 Å². The Hall–Kier alpha value is -2.33. The van der Waals surface area contributed by atoms with Gasteiger partial charge in [-0.2, -0.15) is 0 Å². The average Bonchev–Trinajstić information content (AvgIpc) is 3.10. The SMILES string of the molecule is COC(=O)c1c(NC(=O)CN2CCN(c3ccc(Cl)c(Cl)c3)CC2)sc(C(=O)N(C)C)c1C. The highest BCUT2D eigenvalue weighted by Gasteiger charge is 2.28. The van der Waals surface area contributed by atoms with E-state index in [1.807, 2.05) is 17.0 Å². The summed E-state index contributed by atoms with van der Waals surface area (Å²) in [7, 11) is 4.54. The van der Waals surface area contributed by atoms with E-state index in [0.717, 1.165) is 30.1 Å². The summed E-state index contributed by atoms with van der Waals surface area (Å²) in [4.78, 5) is 43.6. The summed E-state index contributed by atoms with van der Waals surface area (Å²) in [6.45, 7) is 4.69. The minimum atomic E-state index is -0.591. The van der Waals surface area contributed by atoms with Gasteiger partial charge in [0.25, 0.3) is 5.91 Å². The number of carbonyl (C=O) groups excluding carboxylic acids is 3. The lowest BCUT2D eigenvalue weighted by Gasteiger charge is -2.35. The number of methoxy groups -OCH3 is 1. The van der Waals surface area contributed by atoms with E-state index in [1.165, 1.54) is 12.0 Å². The first kappa shape index (κ1) is 25.3. The maximum atomic E-state index is 12.8. The van der Waals surface area contributed by atoms with Gasteiger partial charge in [-0.15, -0.1) is 11.3 Å². The normalized spacial score (nSPS) is 14.2. The number of benzene rings is 1. The van der Waals surface area contributed by atoms with Gasteiger partial charge in [0.2, 0.25) is 5.91 Å². The summed E-state index contributed by atoms with van der Waals surface area (Å²) < 4.78 is 4.87. The number of ether oxygens (including phenoxy) is 1. The molecule has 0 aliphatic carbocycles. The Labute approximate surface area is 207 Å². The Bertz CT molecular complexity index is 1060. The summed E-state index contributed by atoms with van der Waals surface area (Å²) >= 11 is 13.2. The Balaban J connectivity index is 1.65. The van der Waals surface area contributed by atoms with E-state index in [0.29, 0.717) is 38.6 Å². The molecule has 1 aromatic carbocycles. The lowest BCUT2D eigenvalue weighted by atomic mass is 10.1. The van der Waals surface area contributed by atoms with Gasteiger partial charge < -0.3 is 19.9 Å². The first-order valence-corrected chi connectivity index (χ1v) is 11.8. The zero-order valence-corrected chi connectivity index (χ0v) is 21.2. The molecular formula is C22H26Cl2N4O4S. The Kier molecular flexibility index (Phi) is 8.23. The van der Waals surface area contributed by atoms with Crippen LogP contribution in [0.15, 0.2) is 18.2 Å². The molecule has 1 fully saturated rings. The maximum Gasteiger partial charge on any atom is 0.341 e. The van der Waals surface area contributed by atoms with Crippen molar-refractivity contribution in [2.24, 2.45) is 0 Å². The van der Waals surface area contributed by atoms with E-state index in [4.69, 9.17) is 27.9 Å². The lowest BCUT2D eigenvalue weighted by Crippen LogP contribution is -2.48. The molecular weight excluding hydrogens is 487 g/mol. The van der Waals surface area contributed by atoms with Crippen molar-refractivity contribution >= 4 is 63.0 Å². The van der Waals surface area contributed by atoms with E-state index in [-0.39, 0.29) is 23.9 Å². The highest BCUT2D eigenvalue weighted by Crippen LogP contribution is 2.34. The number of hydrogen-bond donors (Lipinski definition) is 1. The molecule has 2 aromatic rings. The molecule has 1 aromatic heterocycles. The van der Waals surface area contributed by atoms with Crippen molar-refractivity contribution < 1.29 is 19.1 Å². The van der Waals surface area contributed by atoms with Crippen LogP contribution in [0.1, 0.15) is 25.6 Å². The highest BCUT2D eigenvalue weighted by molar-refractivity contribution is 7.18. The van der Waals surface area contributed by atoms with Crippen LogP contribution in [0.4, 0.5) is 10.7 Å². The third kappa shape index (κ3) is 5.78. The van der Waals surface area contributed by atoms with E-state index in [9.17, 15) is 14.4 Å². The van der Waals surface area contributed by atoms with Crippen molar-refractivity contribution in [1.29, 1.82) is 0 Å². The summed E-state index contributed by atoms with van der Waals surface area (Å²) in [6.07, 6.45) is 0. The van der Waals surface area contributed by atoms with Crippen LogP contribution in [0.25, 0.3) is 0 Å². The zero-order valence-electron chi connectivity index (χ0n) is 18.9. The molecule has 0 radical (unpaired) electrons. The number of piperazine rings is 1. The molecule has 0 unspecified atom stereocenters. The second-order valence-corrected chi connectivity index (χ2v) is 9.70. The first-order chi connectivity index (χ1) is 15.6. The number of thiophene rings is 1. The smallest absolute Gasteiger partial charge is 0.341 e. The molecule has 3 rings (SSSR count). The predicted molar refractivity (Wildman–Crippen MR) is 132 cm³/mol. The quantitative estimate of drug-likeness (QED) is 0.595. The molecule has 0 atom stereocenters. The van der Waals surface area contributed by atoms with Crippen molar-refractivity contribution in [3.8, 4) is 0 Å². The zero-order chi connectivity index (χ0) is 24.3. The Morgan fingerprint density at radius 3 is 2.36 bits per heavy atom. The minimum Gasteiger partial charge on any atom is -0.465 e.